The fourth-order valence-electron chi connectivity index (χ4n) is 5.61. The van der Waals surface area contributed by atoms with E-state index >= 15 is 0 Å². The Bertz CT molecular complexity index is 704. The van der Waals surface area contributed by atoms with Crippen molar-refractivity contribution in [2.75, 3.05) is 0 Å². The number of hydrogen-bond acceptors (Lipinski definition) is 3. The van der Waals surface area contributed by atoms with Gasteiger partial charge >= 0.3 is 11.9 Å². The van der Waals surface area contributed by atoms with Crippen molar-refractivity contribution in [2.45, 2.75) is 65.2 Å². The maximum Gasteiger partial charge on any atom is 0.323 e. The van der Waals surface area contributed by atoms with E-state index in [1.165, 1.54) is 0 Å². The smallest absolute Gasteiger partial charge is 0.323 e. The summed E-state index contributed by atoms with van der Waals surface area (Å²) in [6.45, 7) is 3.93. The van der Waals surface area contributed by atoms with E-state index in [1.54, 1.807) is 0 Å². The molecule has 2 fully saturated rings. The van der Waals surface area contributed by atoms with Gasteiger partial charge in [0.25, 0.3) is 0 Å². The van der Waals surface area contributed by atoms with Crippen LogP contribution in [0.5, 0.6) is 0 Å². The highest BCUT2D eigenvalue weighted by Crippen LogP contribution is 2.50. The maximum absolute atomic E-state index is 13.2. The van der Waals surface area contributed by atoms with E-state index in [2.05, 4.69) is 24.3 Å². The van der Waals surface area contributed by atoms with E-state index in [0.717, 1.165) is 62.5 Å². The second-order valence-electron chi connectivity index (χ2n) is 9.09. The van der Waals surface area contributed by atoms with Crippen molar-refractivity contribution in [3.05, 3.63) is 47.6 Å². The van der Waals surface area contributed by atoms with Gasteiger partial charge in [0.1, 0.15) is 0 Å². The van der Waals surface area contributed by atoms with Crippen LogP contribution in [-0.2, 0) is 14.3 Å². The largest absolute Gasteiger partial charge is 0.392 e. The molecule has 0 bridgehead atoms. The molecule has 0 aliphatic heterocycles. The molecule has 0 aromatic carbocycles. The first-order valence-corrected chi connectivity index (χ1v) is 10.5. The van der Waals surface area contributed by atoms with Crippen LogP contribution in [0.15, 0.2) is 47.6 Å². The first-order valence-electron chi connectivity index (χ1n) is 10.5. The number of esters is 2. The van der Waals surface area contributed by atoms with E-state index in [-0.39, 0.29) is 11.9 Å². The summed E-state index contributed by atoms with van der Waals surface area (Å²) in [6, 6.07) is 0. The maximum atomic E-state index is 13.2. The summed E-state index contributed by atoms with van der Waals surface area (Å²) in [5.74, 6) is 0.123. The molecule has 0 aromatic heterocycles. The van der Waals surface area contributed by atoms with E-state index < -0.39 is 10.8 Å². The number of carbonyl (C=O) groups is 2. The highest BCUT2D eigenvalue weighted by Gasteiger charge is 2.49. The summed E-state index contributed by atoms with van der Waals surface area (Å²) in [5, 5.41) is 0. The Morgan fingerprint density at radius 3 is 1.74 bits per heavy atom. The predicted octanol–water partition coefficient (Wildman–Crippen LogP) is 5.44. The SMILES string of the molecule is CC1(C(=O)OC(=O)C2(C)CCCC3CC=CC=C32)CCCC2CC=CC=C21. The number of rotatable bonds is 2. The molecule has 4 aliphatic carbocycles. The minimum Gasteiger partial charge on any atom is -0.392 e. The molecular weight excluding hydrogens is 336 g/mol. The molecule has 4 unspecified atom stereocenters. The van der Waals surface area contributed by atoms with Gasteiger partial charge in [-0.3, -0.25) is 9.59 Å². The van der Waals surface area contributed by atoms with Gasteiger partial charge < -0.3 is 4.74 Å². The van der Waals surface area contributed by atoms with Crippen molar-refractivity contribution in [3.63, 3.8) is 0 Å². The molecule has 144 valence electrons. The number of allylic oxidation sites excluding steroid dienone is 6. The van der Waals surface area contributed by atoms with Crippen LogP contribution in [0.3, 0.4) is 0 Å². The van der Waals surface area contributed by atoms with Gasteiger partial charge in [0.15, 0.2) is 0 Å². The van der Waals surface area contributed by atoms with Gasteiger partial charge in [-0.15, -0.1) is 0 Å². The van der Waals surface area contributed by atoms with E-state index in [9.17, 15) is 9.59 Å². The molecule has 0 amide bonds. The minimum atomic E-state index is -0.672. The molecule has 3 heteroatoms. The van der Waals surface area contributed by atoms with Crippen LogP contribution in [-0.4, -0.2) is 11.9 Å². The zero-order valence-electron chi connectivity index (χ0n) is 16.5. The number of ether oxygens (including phenoxy) is 1. The lowest BCUT2D eigenvalue weighted by Gasteiger charge is -2.42. The lowest BCUT2D eigenvalue weighted by molar-refractivity contribution is -0.172. The quantitative estimate of drug-likeness (QED) is 0.483. The molecular formula is C24H30O3. The Morgan fingerprint density at radius 1 is 0.852 bits per heavy atom. The molecule has 0 spiro atoms. The van der Waals surface area contributed by atoms with Crippen LogP contribution >= 0.6 is 0 Å². The molecule has 0 N–H and O–H groups in total. The van der Waals surface area contributed by atoms with Crippen molar-refractivity contribution in [2.24, 2.45) is 22.7 Å². The summed E-state index contributed by atoms with van der Waals surface area (Å²) < 4.78 is 5.63. The highest BCUT2D eigenvalue weighted by molar-refractivity contribution is 5.94. The molecule has 4 aliphatic rings. The molecule has 2 saturated carbocycles. The lowest BCUT2D eigenvalue weighted by Crippen LogP contribution is -2.44. The van der Waals surface area contributed by atoms with Gasteiger partial charge in [-0.25, -0.2) is 0 Å². The average molecular weight is 367 g/mol. The molecule has 27 heavy (non-hydrogen) atoms. The van der Waals surface area contributed by atoms with Crippen molar-refractivity contribution in [1.29, 1.82) is 0 Å². The van der Waals surface area contributed by atoms with Gasteiger partial charge in [0.2, 0.25) is 0 Å². The Balaban J connectivity index is 1.56. The Kier molecular flexibility index (Phi) is 4.73. The molecule has 0 heterocycles. The van der Waals surface area contributed by atoms with E-state index in [4.69, 9.17) is 4.74 Å². The third-order valence-corrected chi connectivity index (χ3v) is 7.36. The molecule has 4 rings (SSSR count). The molecule has 4 atom stereocenters. The molecule has 0 radical (unpaired) electrons. The second-order valence-corrected chi connectivity index (χ2v) is 9.09. The van der Waals surface area contributed by atoms with Gasteiger partial charge in [-0.1, -0.05) is 49.3 Å². The third-order valence-electron chi connectivity index (χ3n) is 7.36. The zero-order chi connectivity index (χ0) is 19.1. The van der Waals surface area contributed by atoms with Crippen molar-refractivity contribution in [1.82, 2.24) is 0 Å². The van der Waals surface area contributed by atoms with Crippen molar-refractivity contribution in [3.8, 4) is 0 Å². The van der Waals surface area contributed by atoms with Crippen LogP contribution in [0, 0.1) is 22.7 Å². The lowest BCUT2D eigenvalue weighted by atomic mass is 9.64. The van der Waals surface area contributed by atoms with Crippen LogP contribution in [0.1, 0.15) is 65.2 Å². The average Bonchev–Trinajstić information content (AvgIpc) is 2.68. The van der Waals surface area contributed by atoms with Crippen LogP contribution < -0.4 is 0 Å². The van der Waals surface area contributed by atoms with Crippen molar-refractivity contribution < 1.29 is 14.3 Å². The van der Waals surface area contributed by atoms with Crippen LogP contribution in [0.4, 0.5) is 0 Å². The second kappa shape index (κ2) is 6.92. The highest BCUT2D eigenvalue weighted by atomic mass is 16.6. The first-order chi connectivity index (χ1) is 12.9. The van der Waals surface area contributed by atoms with Gasteiger partial charge in [-0.2, -0.15) is 0 Å². The minimum absolute atomic E-state index is 0.353. The summed E-state index contributed by atoms with van der Waals surface area (Å²) in [4.78, 5) is 26.4. The zero-order valence-corrected chi connectivity index (χ0v) is 16.5. The summed E-state index contributed by atoms with van der Waals surface area (Å²) in [7, 11) is 0. The first kappa shape index (κ1) is 18.5. The monoisotopic (exact) mass is 366 g/mol. The fourth-order valence-corrected chi connectivity index (χ4v) is 5.61. The summed E-state index contributed by atoms with van der Waals surface area (Å²) in [5.41, 5.74) is 0.963. The standard InChI is InChI=1S/C24H30O3/c1-23(15-7-11-17-9-3-5-13-19(17)23)21(25)27-22(26)24(2)16-8-12-18-10-4-6-14-20(18)24/h3-6,13-14,17-18H,7-12,15-16H2,1-2H3. The number of hydrogen-bond donors (Lipinski definition) is 0. The van der Waals surface area contributed by atoms with Crippen molar-refractivity contribution >= 4 is 11.9 Å². The summed E-state index contributed by atoms with van der Waals surface area (Å²) in [6.07, 6.45) is 20.3. The third kappa shape index (κ3) is 3.05. The van der Waals surface area contributed by atoms with Gasteiger partial charge in [0, 0.05) is 0 Å². The van der Waals surface area contributed by atoms with E-state index in [1.807, 2.05) is 26.0 Å². The molecule has 0 saturated heterocycles. The topological polar surface area (TPSA) is 43.4 Å². The van der Waals surface area contributed by atoms with Crippen LogP contribution in [0.25, 0.3) is 0 Å². The normalized spacial score (nSPS) is 37.6. The Morgan fingerprint density at radius 2 is 1.30 bits per heavy atom. The number of carbonyl (C=O) groups excluding carboxylic acids is 2. The van der Waals surface area contributed by atoms with Gasteiger partial charge in [0.05, 0.1) is 10.8 Å². The van der Waals surface area contributed by atoms with E-state index in [0.29, 0.717) is 11.8 Å². The Labute approximate surface area is 162 Å². The molecule has 3 nitrogen and oxygen atoms in total. The predicted molar refractivity (Wildman–Crippen MR) is 106 cm³/mol. The van der Waals surface area contributed by atoms with Crippen LogP contribution in [0.2, 0.25) is 0 Å². The fraction of sp³-hybridized carbons (Fsp3) is 0.583. The number of fused-ring (bicyclic) bond motifs is 2. The summed E-state index contributed by atoms with van der Waals surface area (Å²) >= 11 is 0. The molecule has 0 aromatic rings. The van der Waals surface area contributed by atoms with Gasteiger partial charge in [-0.05, 0) is 75.4 Å². The Hall–Kier alpha value is -1.90.